The minimum Gasteiger partial charge on any atom is -0.486 e. The molecule has 0 N–H and O–H groups in total. The molecule has 1 aliphatic rings. The number of hydrogen-bond acceptors (Lipinski definition) is 4. The third-order valence-corrected chi connectivity index (χ3v) is 6.13. The van der Waals surface area contributed by atoms with Crippen LogP contribution < -0.4 is 4.74 Å². The van der Waals surface area contributed by atoms with Gasteiger partial charge in [0.15, 0.2) is 11.6 Å². The van der Waals surface area contributed by atoms with E-state index in [-0.39, 0.29) is 24.1 Å². The smallest absolute Gasteiger partial charge is 0.264 e. The Hall–Kier alpha value is -2.84. The maximum absolute atomic E-state index is 13.8. The Bertz CT molecular complexity index is 1060. The third kappa shape index (κ3) is 5.26. The summed E-state index contributed by atoms with van der Waals surface area (Å²) >= 11 is 1.31. The van der Waals surface area contributed by atoms with Gasteiger partial charge in [-0.05, 0) is 29.6 Å². The number of hydrogen-bond donors (Lipinski definition) is 0. The van der Waals surface area contributed by atoms with Crippen LogP contribution in [0.5, 0.6) is 5.75 Å². The van der Waals surface area contributed by atoms with E-state index in [4.69, 9.17) is 4.74 Å². The molecule has 2 heterocycles. The Kier molecular flexibility index (Phi) is 6.58. The predicted molar refractivity (Wildman–Crippen MR) is 113 cm³/mol. The molecular weight excluding hydrogens is 425 g/mol. The van der Waals surface area contributed by atoms with Crippen LogP contribution in [0, 0.1) is 17.5 Å². The van der Waals surface area contributed by atoms with E-state index in [0.717, 1.165) is 17.7 Å². The molecule has 0 bridgehead atoms. The van der Waals surface area contributed by atoms with Crippen LogP contribution in [0.15, 0.2) is 53.9 Å². The summed E-state index contributed by atoms with van der Waals surface area (Å²) in [5.41, 5.74) is 1.40. The van der Waals surface area contributed by atoms with Gasteiger partial charge in [0, 0.05) is 49.9 Å². The highest BCUT2D eigenvalue weighted by atomic mass is 32.1. The Balaban J connectivity index is 1.29. The van der Waals surface area contributed by atoms with Crippen molar-refractivity contribution in [2.45, 2.75) is 13.2 Å². The van der Waals surface area contributed by atoms with Crippen molar-refractivity contribution in [3.8, 4) is 5.75 Å². The Labute approximate surface area is 182 Å². The first-order valence-corrected chi connectivity index (χ1v) is 10.8. The summed E-state index contributed by atoms with van der Waals surface area (Å²) < 4.78 is 45.9. The van der Waals surface area contributed by atoms with Crippen LogP contribution in [-0.2, 0) is 13.2 Å². The van der Waals surface area contributed by atoms with Gasteiger partial charge in [0.2, 0.25) is 0 Å². The first-order chi connectivity index (χ1) is 15.0. The molecule has 4 rings (SSSR count). The molecule has 2 aromatic carbocycles. The van der Waals surface area contributed by atoms with Crippen molar-refractivity contribution >= 4 is 17.2 Å². The zero-order valence-corrected chi connectivity index (χ0v) is 17.5. The minimum atomic E-state index is -0.764. The molecule has 1 amide bonds. The lowest BCUT2D eigenvalue weighted by Crippen LogP contribution is -2.48. The van der Waals surface area contributed by atoms with Gasteiger partial charge in [-0.3, -0.25) is 9.69 Å². The van der Waals surface area contributed by atoms with E-state index in [9.17, 15) is 18.0 Å². The number of benzene rings is 2. The summed E-state index contributed by atoms with van der Waals surface area (Å²) in [6.07, 6.45) is 0. The maximum Gasteiger partial charge on any atom is 0.264 e. The largest absolute Gasteiger partial charge is 0.486 e. The van der Waals surface area contributed by atoms with Crippen LogP contribution in [0.3, 0.4) is 0 Å². The second-order valence-corrected chi connectivity index (χ2v) is 8.25. The average Bonchev–Trinajstić information content (AvgIpc) is 3.24. The van der Waals surface area contributed by atoms with E-state index in [1.165, 1.54) is 23.5 Å². The van der Waals surface area contributed by atoms with Crippen LogP contribution in [0.1, 0.15) is 20.8 Å². The molecule has 4 nitrogen and oxygen atoms in total. The number of carbonyl (C=O) groups is 1. The van der Waals surface area contributed by atoms with Gasteiger partial charge >= 0.3 is 0 Å². The van der Waals surface area contributed by atoms with Gasteiger partial charge in [-0.15, -0.1) is 11.3 Å². The quantitative estimate of drug-likeness (QED) is 0.550. The highest BCUT2D eigenvalue weighted by Gasteiger charge is 2.23. The van der Waals surface area contributed by atoms with Crippen molar-refractivity contribution in [2.75, 3.05) is 26.2 Å². The van der Waals surface area contributed by atoms with Crippen molar-refractivity contribution in [1.82, 2.24) is 9.80 Å². The van der Waals surface area contributed by atoms with Crippen LogP contribution in [0.2, 0.25) is 0 Å². The molecule has 0 radical (unpaired) electrons. The molecule has 31 heavy (non-hydrogen) atoms. The summed E-state index contributed by atoms with van der Waals surface area (Å²) in [5, 5.41) is 1.79. The lowest BCUT2D eigenvalue weighted by Gasteiger charge is -2.34. The summed E-state index contributed by atoms with van der Waals surface area (Å²) in [6.45, 7) is 3.09. The van der Waals surface area contributed by atoms with E-state index in [2.05, 4.69) is 4.90 Å². The zero-order valence-electron chi connectivity index (χ0n) is 16.7. The topological polar surface area (TPSA) is 32.8 Å². The molecule has 0 spiro atoms. The first-order valence-electron chi connectivity index (χ1n) is 9.90. The van der Waals surface area contributed by atoms with Gasteiger partial charge in [-0.25, -0.2) is 13.2 Å². The number of nitrogens with zero attached hydrogens (tertiary/aromatic N) is 2. The second kappa shape index (κ2) is 9.53. The molecule has 1 aliphatic heterocycles. The highest BCUT2D eigenvalue weighted by molar-refractivity contribution is 7.12. The Morgan fingerprint density at radius 2 is 1.74 bits per heavy atom. The van der Waals surface area contributed by atoms with Crippen LogP contribution in [0.25, 0.3) is 0 Å². The fourth-order valence-electron chi connectivity index (χ4n) is 3.45. The molecule has 8 heteroatoms. The number of ether oxygens (including phenoxy) is 1. The number of thiophene rings is 1. The fourth-order valence-corrected chi connectivity index (χ4v) is 4.31. The van der Waals surface area contributed by atoms with E-state index in [0.29, 0.717) is 43.2 Å². The Morgan fingerprint density at radius 1 is 0.968 bits per heavy atom. The molecule has 1 aromatic heterocycles. The van der Waals surface area contributed by atoms with Gasteiger partial charge in [0.05, 0.1) is 4.88 Å². The van der Waals surface area contributed by atoms with Crippen molar-refractivity contribution in [2.24, 2.45) is 0 Å². The third-order valence-electron chi connectivity index (χ3n) is 5.16. The number of piperazine rings is 1. The molecule has 0 atom stereocenters. The summed E-state index contributed by atoms with van der Waals surface area (Å²) in [6, 6.07) is 11.6. The predicted octanol–water partition coefficient (Wildman–Crippen LogP) is 4.70. The minimum absolute atomic E-state index is 0.0357. The molecule has 1 fully saturated rings. The van der Waals surface area contributed by atoms with Gasteiger partial charge in [0.25, 0.3) is 5.91 Å². The first kappa shape index (κ1) is 21.4. The zero-order chi connectivity index (χ0) is 21.8. The summed E-state index contributed by atoms with van der Waals surface area (Å²) in [4.78, 5) is 17.3. The van der Waals surface area contributed by atoms with Crippen molar-refractivity contribution < 1.29 is 22.7 Å². The normalized spacial score (nSPS) is 14.6. The highest BCUT2D eigenvalue weighted by Crippen LogP contribution is 2.22. The van der Waals surface area contributed by atoms with E-state index < -0.39 is 11.6 Å². The summed E-state index contributed by atoms with van der Waals surface area (Å²) in [7, 11) is 0. The van der Waals surface area contributed by atoms with Gasteiger partial charge in [0.1, 0.15) is 18.2 Å². The monoisotopic (exact) mass is 446 g/mol. The van der Waals surface area contributed by atoms with Crippen LogP contribution >= 0.6 is 11.3 Å². The Morgan fingerprint density at radius 3 is 2.48 bits per heavy atom. The van der Waals surface area contributed by atoms with Crippen LogP contribution in [0.4, 0.5) is 13.2 Å². The molecule has 1 saturated heterocycles. The van der Waals surface area contributed by atoms with Gasteiger partial charge in [-0.1, -0.05) is 18.2 Å². The van der Waals surface area contributed by atoms with E-state index in [1.807, 2.05) is 6.07 Å². The summed E-state index contributed by atoms with van der Waals surface area (Å²) in [5.74, 6) is -1.74. The van der Waals surface area contributed by atoms with Gasteiger partial charge in [-0.2, -0.15) is 0 Å². The van der Waals surface area contributed by atoms with E-state index >= 15 is 0 Å². The van der Waals surface area contributed by atoms with Crippen molar-refractivity contribution in [3.63, 3.8) is 0 Å². The van der Waals surface area contributed by atoms with Crippen LogP contribution in [-0.4, -0.2) is 41.9 Å². The SMILES string of the molecule is O=C(c1cc(COc2ccc(F)cc2F)cs1)N1CCN(Cc2ccccc2F)CC1. The maximum atomic E-state index is 13.8. The average molecular weight is 446 g/mol. The number of rotatable bonds is 6. The number of amides is 1. The van der Waals surface area contributed by atoms with E-state index in [1.54, 1.807) is 28.5 Å². The molecule has 3 aromatic rings. The van der Waals surface area contributed by atoms with Crippen molar-refractivity contribution in [1.29, 1.82) is 0 Å². The molecule has 0 aliphatic carbocycles. The molecule has 0 unspecified atom stereocenters. The molecular formula is C23H21F3N2O2S. The lowest BCUT2D eigenvalue weighted by molar-refractivity contribution is 0.0631. The lowest BCUT2D eigenvalue weighted by atomic mass is 10.2. The number of halogens is 3. The van der Waals surface area contributed by atoms with Crippen molar-refractivity contribution in [3.05, 3.63) is 87.4 Å². The number of carbonyl (C=O) groups excluding carboxylic acids is 1. The fraction of sp³-hybridized carbons (Fsp3) is 0.261. The molecule has 0 saturated carbocycles. The molecule has 162 valence electrons. The second-order valence-electron chi connectivity index (χ2n) is 7.34. The van der Waals surface area contributed by atoms with Gasteiger partial charge < -0.3 is 9.64 Å². The standard InChI is InChI=1S/C23H21F3N2O2S/c24-18-5-6-21(20(26)12-18)30-14-16-11-22(31-15-16)23(29)28-9-7-27(8-10-28)13-17-3-1-2-4-19(17)25/h1-6,11-12,15H,7-10,13-14H2.